The highest BCUT2D eigenvalue weighted by Crippen LogP contribution is 2.32. The molecule has 5 nitrogen and oxygen atoms in total. The van der Waals surface area contributed by atoms with Gasteiger partial charge in [-0.15, -0.1) is 10.2 Å². The normalized spacial score (nSPS) is 14.4. The summed E-state index contributed by atoms with van der Waals surface area (Å²) in [6.07, 6.45) is 2.42. The van der Waals surface area contributed by atoms with E-state index in [1.54, 1.807) is 0 Å². The van der Waals surface area contributed by atoms with Gasteiger partial charge >= 0.3 is 0 Å². The molecule has 1 aromatic heterocycles. The minimum Gasteiger partial charge on any atom is -0.353 e. The fourth-order valence-corrected chi connectivity index (χ4v) is 3.93. The summed E-state index contributed by atoms with van der Waals surface area (Å²) in [4.78, 5) is 17.0. The fourth-order valence-electron chi connectivity index (χ4n) is 3.33. The SMILES string of the molecule is Cc1ccc(-c2nnc(SCC(=O)N[C@@H](C)C3CC3)nc2-c2ccc(C)cc2)cc1. The van der Waals surface area contributed by atoms with E-state index in [0.29, 0.717) is 11.1 Å². The molecular formula is C24H26N4OS. The second-order valence-corrected chi connectivity index (χ2v) is 8.95. The molecule has 1 aliphatic carbocycles. The maximum atomic E-state index is 12.3. The molecule has 0 bridgehead atoms. The maximum absolute atomic E-state index is 12.3. The summed E-state index contributed by atoms with van der Waals surface area (Å²) < 4.78 is 0. The van der Waals surface area contributed by atoms with Crippen LogP contribution in [0.2, 0.25) is 0 Å². The predicted molar refractivity (Wildman–Crippen MR) is 121 cm³/mol. The summed E-state index contributed by atoms with van der Waals surface area (Å²) in [7, 11) is 0. The van der Waals surface area contributed by atoms with Gasteiger partial charge in [0, 0.05) is 17.2 Å². The van der Waals surface area contributed by atoms with Gasteiger partial charge in [0.25, 0.3) is 0 Å². The lowest BCUT2D eigenvalue weighted by Gasteiger charge is -2.12. The first-order chi connectivity index (χ1) is 14.5. The Balaban J connectivity index is 1.58. The second kappa shape index (κ2) is 8.96. The monoisotopic (exact) mass is 418 g/mol. The van der Waals surface area contributed by atoms with Crippen LogP contribution >= 0.6 is 11.8 Å². The van der Waals surface area contributed by atoms with Crippen molar-refractivity contribution in [1.29, 1.82) is 0 Å². The number of rotatable bonds is 7. The molecule has 0 spiro atoms. The van der Waals surface area contributed by atoms with Crippen molar-refractivity contribution in [2.75, 3.05) is 5.75 Å². The molecule has 1 saturated carbocycles. The lowest BCUT2D eigenvalue weighted by molar-refractivity contribution is -0.119. The van der Waals surface area contributed by atoms with E-state index in [-0.39, 0.29) is 17.7 Å². The topological polar surface area (TPSA) is 67.8 Å². The maximum Gasteiger partial charge on any atom is 0.230 e. The average Bonchev–Trinajstić information content (AvgIpc) is 3.59. The molecule has 0 radical (unpaired) electrons. The number of aryl methyl sites for hydroxylation is 2. The van der Waals surface area contributed by atoms with E-state index in [0.717, 1.165) is 22.5 Å². The minimum atomic E-state index is 0.0162. The van der Waals surface area contributed by atoms with Gasteiger partial charge in [0.05, 0.1) is 5.75 Å². The van der Waals surface area contributed by atoms with Gasteiger partial charge in [-0.2, -0.15) is 0 Å². The van der Waals surface area contributed by atoms with Crippen molar-refractivity contribution in [3.63, 3.8) is 0 Å². The molecule has 0 saturated heterocycles. The van der Waals surface area contributed by atoms with Gasteiger partial charge in [-0.3, -0.25) is 4.79 Å². The van der Waals surface area contributed by atoms with Crippen LogP contribution in [0.5, 0.6) is 0 Å². The van der Waals surface area contributed by atoms with Crippen molar-refractivity contribution < 1.29 is 4.79 Å². The Hall–Kier alpha value is -2.73. The molecule has 6 heteroatoms. The molecule has 30 heavy (non-hydrogen) atoms. The zero-order chi connectivity index (χ0) is 21.1. The molecule has 0 aliphatic heterocycles. The molecule has 1 N–H and O–H groups in total. The Bertz CT molecular complexity index is 1030. The predicted octanol–water partition coefficient (Wildman–Crippen LogP) is 4.83. The number of benzene rings is 2. The van der Waals surface area contributed by atoms with Crippen LogP contribution in [0.4, 0.5) is 0 Å². The molecule has 4 rings (SSSR count). The molecule has 1 heterocycles. The molecule has 1 aliphatic rings. The first-order valence-electron chi connectivity index (χ1n) is 10.3. The first kappa shape index (κ1) is 20.5. The van der Waals surface area contributed by atoms with Crippen LogP contribution in [-0.2, 0) is 4.79 Å². The third kappa shape index (κ3) is 5.05. The summed E-state index contributed by atoms with van der Waals surface area (Å²) in [5.74, 6) is 0.942. The largest absolute Gasteiger partial charge is 0.353 e. The van der Waals surface area contributed by atoms with Gasteiger partial charge in [0.2, 0.25) is 11.1 Å². The lowest BCUT2D eigenvalue weighted by Crippen LogP contribution is -2.35. The molecule has 2 aromatic carbocycles. The first-order valence-corrected chi connectivity index (χ1v) is 11.3. The number of carbonyl (C=O) groups excluding carboxylic acids is 1. The Morgan fingerprint density at radius 3 is 2.10 bits per heavy atom. The van der Waals surface area contributed by atoms with Crippen LogP contribution in [0.3, 0.4) is 0 Å². The van der Waals surface area contributed by atoms with Gasteiger partial charge < -0.3 is 5.32 Å². The molecule has 154 valence electrons. The summed E-state index contributed by atoms with van der Waals surface area (Å²) >= 11 is 1.32. The minimum absolute atomic E-state index is 0.0162. The fraction of sp³-hybridized carbons (Fsp3) is 0.333. The van der Waals surface area contributed by atoms with Crippen LogP contribution in [0.1, 0.15) is 30.9 Å². The van der Waals surface area contributed by atoms with E-state index in [9.17, 15) is 4.79 Å². The van der Waals surface area contributed by atoms with E-state index in [1.165, 1.54) is 35.7 Å². The number of thioether (sulfide) groups is 1. The molecule has 1 fully saturated rings. The third-order valence-electron chi connectivity index (χ3n) is 5.37. The highest BCUT2D eigenvalue weighted by atomic mass is 32.2. The van der Waals surface area contributed by atoms with E-state index >= 15 is 0 Å². The standard InChI is InChI=1S/C24H26N4OS/c1-15-4-8-19(9-5-15)22-23(20-10-6-16(2)7-11-20)27-28-24(26-22)30-14-21(29)25-17(3)18-12-13-18/h4-11,17-18H,12-14H2,1-3H3,(H,25,29)/t17-/m0/s1. The summed E-state index contributed by atoms with van der Waals surface area (Å²) in [6.45, 7) is 6.19. The van der Waals surface area contributed by atoms with E-state index < -0.39 is 0 Å². The molecule has 1 atom stereocenters. The van der Waals surface area contributed by atoms with Crippen LogP contribution in [-0.4, -0.2) is 32.9 Å². The van der Waals surface area contributed by atoms with Crippen LogP contribution in [0.15, 0.2) is 53.7 Å². The quantitative estimate of drug-likeness (QED) is 0.557. The van der Waals surface area contributed by atoms with Gasteiger partial charge in [0.15, 0.2) is 0 Å². The zero-order valence-electron chi connectivity index (χ0n) is 17.6. The Kier molecular flexibility index (Phi) is 6.13. The molecular weight excluding hydrogens is 392 g/mol. The van der Waals surface area contributed by atoms with Crippen molar-refractivity contribution >= 4 is 17.7 Å². The van der Waals surface area contributed by atoms with E-state index in [1.807, 2.05) is 12.1 Å². The Morgan fingerprint density at radius 1 is 0.967 bits per heavy atom. The van der Waals surface area contributed by atoms with E-state index in [2.05, 4.69) is 72.7 Å². The van der Waals surface area contributed by atoms with Crippen molar-refractivity contribution in [2.24, 2.45) is 5.92 Å². The number of hydrogen-bond acceptors (Lipinski definition) is 5. The molecule has 0 unspecified atom stereocenters. The Labute approximate surface area is 181 Å². The number of hydrogen-bond donors (Lipinski definition) is 1. The summed E-state index contributed by atoms with van der Waals surface area (Å²) in [5.41, 5.74) is 5.87. The van der Waals surface area contributed by atoms with Crippen LogP contribution in [0.25, 0.3) is 22.5 Å². The second-order valence-electron chi connectivity index (χ2n) is 8.01. The Morgan fingerprint density at radius 2 is 1.53 bits per heavy atom. The highest BCUT2D eigenvalue weighted by molar-refractivity contribution is 7.99. The molecule has 1 amide bonds. The summed E-state index contributed by atoms with van der Waals surface area (Å²) in [5, 5.41) is 12.4. The zero-order valence-corrected chi connectivity index (χ0v) is 18.4. The van der Waals surface area contributed by atoms with Crippen molar-refractivity contribution in [2.45, 2.75) is 44.8 Å². The molecule has 3 aromatic rings. The number of carbonyl (C=O) groups is 1. The number of aromatic nitrogens is 3. The van der Waals surface area contributed by atoms with Gasteiger partial charge in [0.1, 0.15) is 11.4 Å². The van der Waals surface area contributed by atoms with Crippen LogP contribution < -0.4 is 5.32 Å². The van der Waals surface area contributed by atoms with Crippen molar-refractivity contribution in [3.05, 3.63) is 59.7 Å². The average molecular weight is 419 g/mol. The number of nitrogens with one attached hydrogen (secondary N) is 1. The third-order valence-corrected chi connectivity index (χ3v) is 6.21. The van der Waals surface area contributed by atoms with Gasteiger partial charge in [-0.25, -0.2) is 4.98 Å². The number of amides is 1. The van der Waals surface area contributed by atoms with Crippen molar-refractivity contribution in [1.82, 2.24) is 20.5 Å². The van der Waals surface area contributed by atoms with Crippen molar-refractivity contribution in [3.8, 4) is 22.5 Å². The van der Waals surface area contributed by atoms with Gasteiger partial charge in [-0.05, 0) is 39.5 Å². The van der Waals surface area contributed by atoms with Gasteiger partial charge in [-0.1, -0.05) is 71.4 Å². The lowest BCUT2D eigenvalue weighted by atomic mass is 10.0. The smallest absolute Gasteiger partial charge is 0.230 e. The summed E-state index contributed by atoms with van der Waals surface area (Å²) in [6, 6.07) is 16.7. The van der Waals surface area contributed by atoms with Crippen LogP contribution in [0, 0.1) is 19.8 Å². The highest BCUT2D eigenvalue weighted by Gasteiger charge is 2.28. The van der Waals surface area contributed by atoms with E-state index in [4.69, 9.17) is 4.98 Å². The number of nitrogens with zero attached hydrogens (tertiary/aromatic N) is 3.